The number of carbonyl (C=O) groups is 1. The van der Waals surface area contributed by atoms with Gasteiger partial charge >= 0.3 is 0 Å². The number of para-hydroxylation sites is 1. The molecule has 0 saturated heterocycles. The number of hydrogen-bond donors (Lipinski definition) is 3. The van der Waals surface area contributed by atoms with E-state index in [1.54, 1.807) is 24.5 Å². The number of hydrogen-bond acceptors (Lipinski definition) is 5. The number of benzene rings is 2. The van der Waals surface area contributed by atoms with Gasteiger partial charge in [0.2, 0.25) is 15.9 Å². The first-order chi connectivity index (χ1) is 14.8. The molecule has 160 valence electrons. The zero-order valence-electron chi connectivity index (χ0n) is 16.4. The Balaban J connectivity index is 1.64. The van der Waals surface area contributed by atoms with Crippen molar-refractivity contribution >= 4 is 59.2 Å². The quantitative estimate of drug-likeness (QED) is 0.340. The Kier molecular flexibility index (Phi) is 6.24. The summed E-state index contributed by atoms with van der Waals surface area (Å²) >= 11 is 4.63. The van der Waals surface area contributed by atoms with Gasteiger partial charge in [0.05, 0.1) is 4.90 Å². The molecule has 3 N–H and O–H groups in total. The van der Waals surface area contributed by atoms with Crippen molar-refractivity contribution in [3.05, 3.63) is 75.8 Å². The second-order valence-corrected chi connectivity index (χ2v) is 10.8. The third-order valence-corrected chi connectivity index (χ3v) is 7.53. The molecule has 0 aliphatic rings. The molecule has 0 fully saturated rings. The average Bonchev–Trinajstić information content (AvgIpc) is 3.33. The number of anilines is 1. The normalized spacial score (nSPS) is 12.7. The highest BCUT2D eigenvalue weighted by atomic mass is 79.9. The highest BCUT2D eigenvalue weighted by Crippen LogP contribution is 2.22. The number of nitrogens with zero attached hydrogens (tertiary/aromatic N) is 1. The van der Waals surface area contributed by atoms with Crippen molar-refractivity contribution < 1.29 is 13.2 Å². The minimum Gasteiger partial charge on any atom is -0.361 e. The van der Waals surface area contributed by atoms with Crippen molar-refractivity contribution in [3.63, 3.8) is 0 Å². The first-order valence-electron chi connectivity index (χ1n) is 9.38. The molecular formula is C21H19BrN4O3S2. The fourth-order valence-electron chi connectivity index (χ4n) is 3.18. The average molecular weight is 519 g/mol. The van der Waals surface area contributed by atoms with E-state index in [4.69, 9.17) is 0 Å². The number of aromatic amines is 1. The minimum atomic E-state index is -3.92. The molecule has 10 heteroatoms. The lowest BCUT2D eigenvalue weighted by molar-refractivity contribution is -0.117. The van der Waals surface area contributed by atoms with Crippen LogP contribution in [-0.2, 0) is 21.2 Å². The zero-order chi connectivity index (χ0) is 22.0. The van der Waals surface area contributed by atoms with E-state index in [0.717, 1.165) is 25.8 Å². The molecule has 4 rings (SSSR count). The van der Waals surface area contributed by atoms with Crippen molar-refractivity contribution in [2.45, 2.75) is 24.3 Å². The number of thiazole rings is 1. The Hall–Kier alpha value is -2.53. The van der Waals surface area contributed by atoms with E-state index in [1.807, 2.05) is 31.2 Å². The van der Waals surface area contributed by atoms with Gasteiger partial charge in [0, 0.05) is 32.6 Å². The number of fused-ring (bicyclic) bond motifs is 1. The largest absolute Gasteiger partial charge is 0.361 e. The van der Waals surface area contributed by atoms with E-state index >= 15 is 0 Å². The van der Waals surface area contributed by atoms with Crippen LogP contribution in [0.5, 0.6) is 0 Å². The Morgan fingerprint density at radius 1 is 1.19 bits per heavy atom. The van der Waals surface area contributed by atoms with Crippen molar-refractivity contribution in [2.24, 2.45) is 0 Å². The number of carbonyl (C=O) groups excluding carboxylic acids is 1. The first kappa shape index (κ1) is 21.7. The molecule has 0 spiro atoms. The van der Waals surface area contributed by atoms with Crippen molar-refractivity contribution in [1.29, 1.82) is 0 Å². The van der Waals surface area contributed by atoms with Crippen LogP contribution in [0, 0.1) is 6.92 Å². The summed E-state index contributed by atoms with van der Waals surface area (Å²) in [6.45, 7) is 1.88. The molecule has 0 aliphatic carbocycles. The van der Waals surface area contributed by atoms with E-state index in [1.165, 1.54) is 23.5 Å². The summed E-state index contributed by atoms with van der Waals surface area (Å²) in [7, 11) is -3.92. The van der Waals surface area contributed by atoms with Crippen LogP contribution in [0.4, 0.5) is 5.13 Å². The molecule has 31 heavy (non-hydrogen) atoms. The van der Waals surface area contributed by atoms with Gasteiger partial charge in [0.1, 0.15) is 6.04 Å². The van der Waals surface area contributed by atoms with Crippen molar-refractivity contribution in [3.8, 4) is 0 Å². The van der Waals surface area contributed by atoms with Crippen LogP contribution in [0.3, 0.4) is 0 Å². The number of nitrogens with one attached hydrogen (secondary N) is 3. The van der Waals surface area contributed by atoms with Gasteiger partial charge in [-0.1, -0.05) is 34.1 Å². The molecule has 4 aromatic rings. The number of H-pyrrole nitrogens is 1. The molecule has 2 heterocycles. The molecule has 2 aromatic heterocycles. The minimum absolute atomic E-state index is 0.0810. The number of aromatic nitrogens is 2. The Bertz CT molecular complexity index is 1330. The second kappa shape index (κ2) is 8.91. The van der Waals surface area contributed by atoms with Crippen LogP contribution in [0.15, 0.2) is 70.3 Å². The van der Waals surface area contributed by atoms with Crippen molar-refractivity contribution in [1.82, 2.24) is 14.7 Å². The monoisotopic (exact) mass is 518 g/mol. The maximum atomic E-state index is 13.1. The standard InChI is InChI=1S/C21H19BrN4O3S2/c1-13-11-24-21(30-13)25-20(27)19(10-14-12-23-18-5-3-2-4-17(14)18)26-31(28,29)16-8-6-15(22)7-9-16/h2-9,11-12,19,23,26H,10H2,1H3,(H,24,25,27)/t19-/m0/s1. The van der Waals surface area contributed by atoms with Crippen LogP contribution < -0.4 is 10.0 Å². The summed E-state index contributed by atoms with van der Waals surface area (Å²) in [5, 5.41) is 4.09. The number of rotatable bonds is 7. The first-order valence-corrected chi connectivity index (χ1v) is 12.5. The van der Waals surface area contributed by atoms with Gasteiger partial charge in [0.15, 0.2) is 5.13 Å². The smallest absolute Gasteiger partial charge is 0.244 e. The lowest BCUT2D eigenvalue weighted by Crippen LogP contribution is -2.45. The van der Waals surface area contributed by atoms with Gasteiger partial charge in [-0.15, -0.1) is 11.3 Å². The molecule has 1 atom stereocenters. The van der Waals surface area contributed by atoms with Crippen LogP contribution in [-0.4, -0.2) is 30.3 Å². The molecule has 2 aromatic carbocycles. The van der Waals surface area contributed by atoms with Crippen LogP contribution >= 0.6 is 27.3 Å². The number of halogens is 1. The molecule has 0 bridgehead atoms. The lowest BCUT2D eigenvalue weighted by atomic mass is 10.1. The van der Waals surface area contributed by atoms with Gasteiger partial charge in [-0.2, -0.15) is 4.72 Å². The Labute approximate surface area is 192 Å². The van der Waals surface area contributed by atoms with Crippen LogP contribution in [0.25, 0.3) is 10.9 Å². The second-order valence-electron chi connectivity index (χ2n) is 6.96. The van der Waals surface area contributed by atoms with Gasteiger partial charge < -0.3 is 10.3 Å². The van der Waals surface area contributed by atoms with Gasteiger partial charge in [-0.3, -0.25) is 4.79 Å². The number of sulfonamides is 1. The molecule has 0 saturated carbocycles. The number of aryl methyl sites for hydroxylation is 1. The third kappa shape index (κ3) is 5.04. The predicted octanol–water partition coefficient (Wildman–Crippen LogP) is 4.22. The lowest BCUT2D eigenvalue weighted by Gasteiger charge is -2.18. The molecule has 0 radical (unpaired) electrons. The molecule has 1 amide bonds. The molecule has 0 unspecified atom stereocenters. The van der Waals surface area contributed by atoms with Crippen LogP contribution in [0.1, 0.15) is 10.4 Å². The molecule has 7 nitrogen and oxygen atoms in total. The predicted molar refractivity (Wildman–Crippen MR) is 126 cm³/mol. The molecular weight excluding hydrogens is 500 g/mol. The summed E-state index contributed by atoms with van der Waals surface area (Å²) in [6.07, 6.45) is 3.63. The summed E-state index contributed by atoms with van der Waals surface area (Å²) in [5.41, 5.74) is 1.76. The maximum absolute atomic E-state index is 13.1. The fraction of sp³-hybridized carbons (Fsp3) is 0.143. The van der Waals surface area contributed by atoms with Gasteiger partial charge in [-0.05, 0) is 49.2 Å². The summed E-state index contributed by atoms with van der Waals surface area (Å²) in [4.78, 5) is 21.4. The SMILES string of the molecule is Cc1cnc(NC(=O)[C@H](Cc2c[nH]c3ccccc23)NS(=O)(=O)c2ccc(Br)cc2)s1. The topological polar surface area (TPSA) is 104 Å². The van der Waals surface area contributed by atoms with Crippen LogP contribution in [0.2, 0.25) is 0 Å². The summed E-state index contributed by atoms with van der Waals surface area (Å²) in [6, 6.07) is 12.9. The van der Waals surface area contributed by atoms with E-state index in [2.05, 4.69) is 35.9 Å². The number of amides is 1. The van der Waals surface area contributed by atoms with Gasteiger partial charge in [-0.25, -0.2) is 13.4 Å². The van der Waals surface area contributed by atoms with Crippen molar-refractivity contribution in [2.75, 3.05) is 5.32 Å². The highest BCUT2D eigenvalue weighted by Gasteiger charge is 2.27. The fourth-order valence-corrected chi connectivity index (χ4v) is 5.31. The van der Waals surface area contributed by atoms with E-state index in [0.29, 0.717) is 5.13 Å². The molecule has 0 aliphatic heterocycles. The summed E-state index contributed by atoms with van der Waals surface area (Å²) < 4.78 is 29.3. The maximum Gasteiger partial charge on any atom is 0.244 e. The Morgan fingerprint density at radius 3 is 2.65 bits per heavy atom. The summed E-state index contributed by atoms with van der Waals surface area (Å²) in [5.74, 6) is -0.472. The highest BCUT2D eigenvalue weighted by molar-refractivity contribution is 9.10. The Morgan fingerprint density at radius 2 is 1.94 bits per heavy atom. The van der Waals surface area contributed by atoms with Gasteiger partial charge in [0.25, 0.3) is 0 Å². The van der Waals surface area contributed by atoms with E-state index < -0.39 is 22.0 Å². The third-order valence-electron chi connectivity index (χ3n) is 4.69. The zero-order valence-corrected chi connectivity index (χ0v) is 19.6. The van der Waals surface area contributed by atoms with E-state index in [-0.39, 0.29) is 11.3 Å². The van der Waals surface area contributed by atoms with E-state index in [9.17, 15) is 13.2 Å².